The molecule has 0 heterocycles. The van der Waals surface area contributed by atoms with Gasteiger partial charge in [-0.3, -0.25) is 0 Å². The van der Waals surface area contributed by atoms with Gasteiger partial charge in [0.25, 0.3) is 0 Å². The number of para-hydroxylation sites is 1. The highest BCUT2D eigenvalue weighted by Gasteiger charge is 2.27. The summed E-state index contributed by atoms with van der Waals surface area (Å²) in [6.07, 6.45) is 0.687. The number of aliphatic hydroxyl groups excluding tert-OH is 2. The number of hydrogen-bond donors (Lipinski definition) is 2. The fourth-order valence-corrected chi connectivity index (χ4v) is 1.22. The van der Waals surface area contributed by atoms with Gasteiger partial charge in [-0.1, -0.05) is 25.1 Å². The van der Waals surface area contributed by atoms with Crippen molar-refractivity contribution in [1.29, 1.82) is 0 Å². The lowest BCUT2D eigenvalue weighted by atomic mass is 9.88. The van der Waals surface area contributed by atoms with Gasteiger partial charge in [-0.25, -0.2) is 0 Å². The van der Waals surface area contributed by atoms with Crippen LogP contribution < -0.4 is 4.74 Å². The quantitative estimate of drug-likeness (QED) is 0.747. The van der Waals surface area contributed by atoms with E-state index in [9.17, 15) is 10.2 Å². The van der Waals surface area contributed by atoms with Crippen LogP contribution in [0.2, 0.25) is 0 Å². The third kappa shape index (κ3) is 3.22. The largest absolute Gasteiger partial charge is 0.493 e. The molecule has 0 atom stereocenters. The standard InChI is InChI=1S/C12H18O3/c1-2-12(8-13,9-14)10-15-11-6-4-3-5-7-11/h3-7,13-14H,2,8-10H2,1H3. The smallest absolute Gasteiger partial charge is 0.119 e. The molecule has 0 radical (unpaired) electrons. The average molecular weight is 210 g/mol. The van der Waals surface area contributed by atoms with Gasteiger partial charge in [0.1, 0.15) is 5.75 Å². The molecular weight excluding hydrogens is 192 g/mol. The Morgan fingerprint density at radius 3 is 2.20 bits per heavy atom. The van der Waals surface area contributed by atoms with Crippen molar-refractivity contribution in [1.82, 2.24) is 0 Å². The Kier molecular flexibility index (Phi) is 4.59. The molecule has 0 unspecified atom stereocenters. The Morgan fingerprint density at radius 2 is 1.73 bits per heavy atom. The first-order valence-electron chi connectivity index (χ1n) is 5.16. The maximum atomic E-state index is 9.21. The Balaban J connectivity index is 2.54. The first kappa shape index (κ1) is 12.0. The zero-order valence-corrected chi connectivity index (χ0v) is 9.02. The highest BCUT2D eigenvalue weighted by molar-refractivity contribution is 5.21. The molecule has 84 valence electrons. The van der Waals surface area contributed by atoms with E-state index in [1.165, 1.54) is 0 Å². The van der Waals surface area contributed by atoms with Gasteiger partial charge in [-0.15, -0.1) is 0 Å². The van der Waals surface area contributed by atoms with Crippen molar-refractivity contribution in [2.75, 3.05) is 19.8 Å². The number of benzene rings is 1. The molecule has 3 heteroatoms. The maximum absolute atomic E-state index is 9.21. The lowest BCUT2D eigenvalue weighted by Crippen LogP contribution is -2.35. The molecule has 0 bridgehead atoms. The molecule has 0 saturated heterocycles. The normalized spacial score (nSPS) is 11.4. The van der Waals surface area contributed by atoms with E-state index in [4.69, 9.17) is 4.74 Å². The molecule has 3 nitrogen and oxygen atoms in total. The molecule has 1 rings (SSSR count). The van der Waals surface area contributed by atoms with Crippen molar-refractivity contribution in [2.45, 2.75) is 13.3 Å². The van der Waals surface area contributed by atoms with E-state index < -0.39 is 5.41 Å². The van der Waals surface area contributed by atoms with Gasteiger partial charge in [0.05, 0.1) is 25.2 Å². The van der Waals surface area contributed by atoms with Crippen molar-refractivity contribution in [3.8, 4) is 5.75 Å². The summed E-state index contributed by atoms with van der Waals surface area (Å²) < 4.78 is 5.52. The molecule has 0 aromatic heterocycles. The highest BCUT2D eigenvalue weighted by Crippen LogP contribution is 2.22. The van der Waals surface area contributed by atoms with Crippen LogP contribution >= 0.6 is 0 Å². The summed E-state index contributed by atoms with van der Waals surface area (Å²) in [6.45, 7) is 2.14. The van der Waals surface area contributed by atoms with Crippen LogP contribution in [-0.4, -0.2) is 30.0 Å². The van der Waals surface area contributed by atoms with Crippen LogP contribution in [0.25, 0.3) is 0 Å². The second-order valence-corrected chi connectivity index (χ2v) is 3.77. The summed E-state index contributed by atoms with van der Waals surface area (Å²) >= 11 is 0. The van der Waals surface area contributed by atoms with E-state index >= 15 is 0 Å². The fraction of sp³-hybridized carbons (Fsp3) is 0.500. The van der Waals surface area contributed by atoms with Crippen LogP contribution in [-0.2, 0) is 0 Å². The lowest BCUT2D eigenvalue weighted by Gasteiger charge is -2.27. The highest BCUT2D eigenvalue weighted by atomic mass is 16.5. The molecule has 0 amide bonds. The first-order valence-corrected chi connectivity index (χ1v) is 5.16. The van der Waals surface area contributed by atoms with Crippen LogP contribution in [0, 0.1) is 5.41 Å². The van der Waals surface area contributed by atoms with Crippen molar-refractivity contribution < 1.29 is 14.9 Å². The monoisotopic (exact) mass is 210 g/mol. The van der Waals surface area contributed by atoms with Crippen molar-refractivity contribution in [2.24, 2.45) is 5.41 Å². The van der Waals surface area contributed by atoms with Crippen LogP contribution in [0.4, 0.5) is 0 Å². The Bertz CT molecular complexity index is 259. The SMILES string of the molecule is CCC(CO)(CO)COc1ccccc1. The second kappa shape index (κ2) is 5.73. The average Bonchev–Trinajstić information content (AvgIpc) is 2.33. The summed E-state index contributed by atoms with van der Waals surface area (Å²) in [7, 11) is 0. The Morgan fingerprint density at radius 1 is 1.13 bits per heavy atom. The number of hydrogen-bond acceptors (Lipinski definition) is 3. The van der Waals surface area contributed by atoms with Crippen molar-refractivity contribution in [3.63, 3.8) is 0 Å². The second-order valence-electron chi connectivity index (χ2n) is 3.77. The molecule has 0 aliphatic rings. The molecule has 15 heavy (non-hydrogen) atoms. The number of rotatable bonds is 6. The minimum absolute atomic E-state index is 0.0627. The molecule has 0 aliphatic carbocycles. The van der Waals surface area contributed by atoms with E-state index in [2.05, 4.69) is 0 Å². The molecule has 1 aromatic rings. The van der Waals surface area contributed by atoms with Crippen molar-refractivity contribution in [3.05, 3.63) is 30.3 Å². The Labute approximate surface area is 90.3 Å². The van der Waals surface area contributed by atoms with Gasteiger partial charge in [0, 0.05) is 0 Å². The summed E-state index contributed by atoms with van der Waals surface area (Å²) in [5.41, 5.74) is -0.532. The van der Waals surface area contributed by atoms with E-state index in [-0.39, 0.29) is 13.2 Å². The number of aliphatic hydroxyl groups is 2. The summed E-state index contributed by atoms with van der Waals surface area (Å²) in [4.78, 5) is 0. The van der Waals surface area contributed by atoms with E-state index in [0.717, 1.165) is 5.75 Å². The lowest BCUT2D eigenvalue weighted by molar-refractivity contribution is 0.0114. The van der Waals surface area contributed by atoms with Gasteiger partial charge >= 0.3 is 0 Å². The molecule has 0 saturated carbocycles. The minimum Gasteiger partial charge on any atom is -0.493 e. The summed E-state index contributed by atoms with van der Waals surface area (Å²) in [5, 5.41) is 18.4. The summed E-state index contributed by atoms with van der Waals surface area (Å²) in [5.74, 6) is 0.761. The van der Waals surface area contributed by atoms with Gasteiger partial charge in [-0.2, -0.15) is 0 Å². The van der Waals surface area contributed by atoms with Gasteiger partial charge in [0.15, 0.2) is 0 Å². The van der Waals surface area contributed by atoms with Crippen LogP contribution in [0.3, 0.4) is 0 Å². The zero-order chi connectivity index (χ0) is 11.1. The fourth-order valence-electron chi connectivity index (χ4n) is 1.22. The molecule has 0 spiro atoms. The Hall–Kier alpha value is -1.06. The van der Waals surface area contributed by atoms with Crippen molar-refractivity contribution >= 4 is 0 Å². The van der Waals surface area contributed by atoms with Gasteiger partial charge < -0.3 is 14.9 Å². The summed E-state index contributed by atoms with van der Waals surface area (Å²) in [6, 6.07) is 9.41. The first-order chi connectivity index (χ1) is 7.26. The molecule has 1 aromatic carbocycles. The molecule has 2 N–H and O–H groups in total. The predicted octanol–water partition coefficient (Wildman–Crippen LogP) is 1.45. The molecule has 0 aliphatic heterocycles. The van der Waals surface area contributed by atoms with E-state index in [1.54, 1.807) is 0 Å². The minimum atomic E-state index is -0.532. The molecule has 0 fully saturated rings. The van der Waals surface area contributed by atoms with Crippen LogP contribution in [0.15, 0.2) is 30.3 Å². The predicted molar refractivity (Wildman–Crippen MR) is 58.8 cm³/mol. The van der Waals surface area contributed by atoms with E-state index in [0.29, 0.717) is 13.0 Å². The van der Waals surface area contributed by atoms with Gasteiger partial charge in [0.2, 0.25) is 0 Å². The van der Waals surface area contributed by atoms with Crippen LogP contribution in [0.5, 0.6) is 5.75 Å². The maximum Gasteiger partial charge on any atom is 0.119 e. The number of ether oxygens (including phenoxy) is 1. The van der Waals surface area contributed by atoms with Gasteiger partial charge in [-0.05, 0) is 18.6 Å². The third-order valence-electron chi connectivity index (χ3n) is 2.71. The molecular formula is C12H18O3. The third-order valence-corrected chi connectivity index (χ3v) is 2.71. The zero-order valence-electron chi connectivity index (χ0n) is 9.02. The van der Waals surface area contributed by atoms with E-state index in [1.807, 2.05) is 37.3 Å². The van der Waals surface area contributed by atoms with Crippen LogP contribution in [0.1, 0.15) is 13.3 Å². The topological polar surface area (TPSA) is 49.7 Å².